The van der Waals surface area contributed by atoms with E-state index in [9.17, 15) is 4.79 Å². The summed E-state index contributed by atoms with van der Waals surface area (Å²) in [6.45, 7) is 2.72. The van der Waals surface area contributed by atoms with Crippen LogP contribution in [0.25, 0.3) is 0 Å². The van der Waals surface area contributed by atoms with Crippen LogP contribution in [0.5, 0.6) is 0 Å². The number of halogens is 1. The second-order valence-corrected chi connectivity index (χ2v) is 5.49. The van der Waals surface area contributed by atoms with Crippen LogP contribution in [0, 0.1) is 9.49 Å². The Morgan fingerprint density at radius 3 is 2.69 bits per heavy atom. The quantitative estimate of drug-likeness (QED) is 0.797. The number of Topliss-reactive ketones (excluding diaryl/α,β-unsaturated/α-hetero) is 1. The molecule has 0 spiro atoms. The minimum absolute atomic E-state index is 0.0938. The summed E-state index contributed by atoms with van der Waals surface area (Å²) in [7, 11) is 0. The van der Waals surface area contributed by atoms with Gasteiger partial charge < -0.3 is 4.74 Å². The van der Waals surface area contributed by atoms with Crippen LogP contribution in [-0.4, -0.2) is 18.5 Å². The molecule has 1 aromatic carbocycles. The lowest BCUT2D eigenvalue weighted by molar-refractivity contribution is -0.123. The van der Waals surface area contributed by atoms with Gasteiger partial charge in [0.25, 0.3) is 0 Å². The zero-order valence-corrected chi connectivity index (χ0v) is 11.4. The number of ether oxygens (including phenoxy) is 1. The molecule has 1 aliphatic rings. The summed E-state index contributed by atoms with van der Waals surface area (Å²) >= 11 is 2.27. The van der Waals surface area contributed by atoms with Crippen molar-refractivity contribution in [1.29, 1.82) is 0 Å². The summed E-state index contributed by atoms with van der Waals surface area (Å²) in [5.74, 6) is 0.408. The molecule has 1 aromatic rings. The molecule has 0 bridgehead atoms. The van der Waals surface area contributed by atoms with Crippen molar-refractivity contribution >= 4 is 28.4 Å². The molecule has 0 aromatic heterocycles. The van der Waals surface area contributed by atoms with Crippen LogP contribution in [0.3, 0.4) is 0 Å². The number of carbonyl (C=O) groups is 1. The minimum atomic E-state index is 0.0938. The van der Waals surface area contributed by atoms with Gasteiger partial charge in [0.05, 0.1) is 6.10 Å². The van der Waals surface area contributed by atoms with Gasteiger partial charge in [-0.3, -0.25) is 4.79 Å². The molecule has 0 aliphatic carbocycles. The lowest BCUT2D eigenvalue weighted by atomic mass is 9.93. The summed E-state index contributed by atoms with van der Waals surface area (Å²) < 4.78 is 6.62. The third-order valence-electron chi connectivity index (χ3n) is 3.08. The molecule has 0 radical (unpaired) electrons. The Morgan fingerprint density at radius 1 is 1.44 bits per heavy atom. The number of rotatable bonds is 3. The van der Waals surface area contributed by atoms with Crippen molar-refractivity contribution in [3.63, 3.8) is 0 Å². The van der Waals surface area contributed by atoms with Crippen LogP contribution in [0.15, 0.2) is 24.3 Å². The zero-order chi connectivity index (χ0) is 11.5. The van der Waals surface area contributed by atoms with Gasteiger partial charge in [0, 0.05) is 22.5 Å². The molecule has 1 aliphatic heterocycles. The summed E-state index contributed by atoms with van der Waals surface area (Å²) in [6.07, 6.45) is 1.51. The second kappa shape index (κ2) is 5.27. The van der Waals surface area contributed by atoms with E-state index in [1.807, 2.05) is 31.2 Å². The molecule has 16 heavy (non-hydrogen) atoms. The van der Waals surface area contributed by atoms with Gasteiger partial charge in [0.15, 0.2) is 0 Å². The lowest BCUT2D eigenvalue weighted by Crippen LogP contribution is -2.23. The predicted molar refractivity (Wildman–Crippen MR) is 71.4 cm³/mol. The Kier molecular flexibility index (Phi) is 3.97. The fourth-order valence-electron chi connectivity index (χ4n) is 2.09. The molecular weight excluding hydrogens is 315 g/mol. The van der Waals surface area contributed by atoms with Crippen molar-refractivity contribution in [3.8, 4) is 0 Å². The highest BCUT2D eigenvalue weighted by Gasteiger charge is 2.30. The number of ketones is 1. The topological polar surface area (TPSA) is 26.3 Å². The van der Waals surface area contributed by atoms with E-state index >= 15 is 0 Å². The van der Waals surface area contributed by atoms with Gasteiger partial charge >= 0.3 is 0 Å². The minimum Gasteiger partial charge on any atom is -0.378 e. The standard InChI is InChI=1S/C13H15IO2/c1-9-12(6-7-16-9)13(15)8-10-2-4-11(14)5-3-10/h2-5,9,12H,6-8H2,1H3. The molecule has 2 rings (SSSR count). The lowest BCUT2D eigenvalue weighted by Gasteiger charge is -2.12. The molecule has 2 nitrogen and oxygen atoms in total. The van der Waals surface area contributed by atoms with Crippen LogP contribution in [0.4, 0.5) is 0 Å². The van der Waals surface area contributed by atoms with Crippen LogP contribution in [0.2, 0.25) is 0 Å². The number of hydrogen-bond acceptors (Lipinski definition) is 2. The molecule has 2 unspecified atom stereocenters. The molecule has 1 saturated heterocycles. The average Bonchev–Trinajstić information content (AvgIpc) is 2.68. The summed E-state index contributed by atoms with van der Waals surface area (Å²) in [4.78, 5) is 12.0. The third kappa shape index (κ3) is 2.83. The summed E-state index contributed by atoms with van der Waals surface area (Å²) in [5.41, 5.74) is 1.10. The molecule has 1 fully saturated rings. The number of benzene rings is 1. The maximum atomic E-state index is 12.0. The third-order valence-corrected chi connectivity index (χ3v) is 3.80. The highest BCUT2D eigenvalue weighted by Crippen LogP contribution is 2.23. The second-order valence-electron chi connectivity index (χ2n) is 4.24. The SMILES string of the molecule is CC1OCCC1C(=O)Cc1ccc(I)cc1. The molecule has 86 valence electrons. The van der Waals surface area contributed by atoms with E-state index in [0.717, 1.165) is 18.6 Å². The van der Waals surface area contributed by atoms with Gasteiger partial charge in [-0.15, -0.1) is 0 Å². The molecule has 1 heterocycles. The van der Waals surface area contributed by atoms with Crippen LogP contribution in [-0.2, 0) is 16.0 Å². The fraction of sp³-hybridized carbons (Fsp3) is 0.462. The molecule has 0 amide bonds. The maximum absolute atomic E-state index is 12.0. The Labute approximate surface area is 110 Å². The first kappa shape index (κ1) is 12.0. The normalized spacial score (nSPS) is 24.6. The zero-order valence-electron chi connectivity index (χ0n) is 9.28. The van der Waals surface area contributed by atoms with Gasteiger partial charge in [-0.2, -0.15) is 0 Å². The molecule has 0 saturated carbocycles. The Hall–Kier alpha value is -0.420. The highest BCUT2D eigenvalue weighted by molar-refractivity contribution is 14.1. The van der Waals surface area contributed by atoms with Crippen molar-refractivity contribution in [2.24, 2.45) is 5.92 Å². The smallest absolute Gasteiger partial charge is 0.142 e. The summed E-state index contributed by atoms with van der Waals surface area (Å²) in [6, 6.07) is 8.13. The monoisotopic (exact) mass is 330 g/mol. The van der Waals surface area contributed by atoms with Crippen LogP contribution in [0.1, 0.15) is 18.9 Å². The van der Waals surface area contributed by atoms with Crippen molar-refractivity contribution in [2.75, 3.05) is 6.61 Å². The largest absolute Gasteiger partial charge is 0.378 e. The average molecular weight is 330 g/mol. The first-order chi connectivity index (χ1) is 7.66. The molecule has 0 N–H and O–H groups in total. The van der Waals surface area contributed by atoms with Gasteiger partial charge in [-0.25, -0.2) is 0 Å². The first-order valence-electron chi connectivity index (χ1n) is 5.55. The highest BCUT2D eigenvalue weighted by atomic mass is 127. The van der Waals surface area contributed by atoms with Crippen LogP contribution >= 0.6 is 22.6 Å². The van der Waals surface area contributed by atoms with Crippen molar-refractivity contribution < 1.29 is 9.53 Å². The Bertz CT molecular complexity index is 372. The van der Waals surface area contributed by atoms with E-state index in [1.165, 1.54) is 3.57 Å². The van der Waals surface area contributed by atoms with Gasteiger partial charge in [0.2, 0.25) is 0 Å². The fourth-order valence-corrected chi connectivity index (χ4v) is 2.45. The van der Waals surface area contributed by atoms with Crippen LogP contribution < -0.4 is 0 Å². The maximum Gasteiger partial charge on any atom is 0.142 e. The molecule has 3 heteroatoms. The number of carbonyl (C=O) groups excluding carboxylic acids is 1. The van der Waals surface area contributed by atoms with E-state index in [1.54, 1.807) is 0 Å². The molecular formula is C13H15IO2. The van der Waals surface area contributed by atoms with E-state index in [-0.39, 0.29) is 12.0 Å². The number of hydrogen-bond donors (Lipinski definition) is 0. The van der Waals surface area contributed by atoms with E-state index in [4.69, 9.17) is 4.74 Å². The van der Waals surface area contributed by atoms with E-state index in [0.29, 0.717) is 12.2 Å². The molecule has 2 atom stereocenters. The van der Waals surface area contributed by atoms with Gasteiger partial charge in [0.1, 0.15) is 5.78 Å². The van der Waals surface area contributed by atoms with E-state index in [2.05, 4.69) is 22.6 Å². The van der Waals surface area contributed by atoms with Gasteiger partial charge in [-0.1, -0.05) is 12.1 Å². The Morgan fingerprint density at radius 2 is 2.12 bits per heavy atom. The van der Waals surface area contributed by atoms with E-state index < -0.39 is 0 Å². The Balaban J connectivity index is 1.99. The van der Waals surface area contributed by atoms with Crippen molar-refractivity contribution in [3.05, 3.63) is 33.4 Å². The van der Waals surface area contributed by atoms with Gasteiger partial charge in [-0.05, 0) is 53.6 Å². The van der Waals surface area contributed by atoms with Crippen molar-refractivity contribution in [2.45, 2.75) is 25.9 Å². The first-order valence-corrected chi connectivity index (χ1v) is 6.63. The van der Waals surface area contributed by atoms with Crippen molar-refractivity contribution in [1.82, 2.24) is 0 Å². The summed E-state index contributed by atoms with van der Waals surface area (Å²) in [5, 5.41) is 0. The predicted octanol–water partition coefficient (Wildman–Crippen LogP) is 2.83.